The summed E-state index contributed by atoms with van der Waals surface area (Å²) < 4.78 is 0. The maximum Gasteiger partial charge on any atom is 0.0479 e. The molecule has 1 aromatic carbocycles. The van der Waals surface area contributed by atoms with E-state index in [1.165, 1.54) is 50.5 Å². The fourth-order valence-electron chi connectivity index (χ4n) is 5.05. The molecule has 0 amide bonds. The van der Waals surface area contributed by atoms with Gasteiger partial charge < -0.3 is 0 Å². The number of halogens is 1. The summed E-state index contributed by atoms with van der Waals surface area (Å²) in [5.74, 6) is 2.89. The zero-order valence-corrected chi connectivity index (χ0v) is 17.2. The van der Waals surface area contributed by atoms with E-state index in [1.807, 2.05) is 0 Å². The average Bonchev–Trinajstić information content (AvgIpc) is 2.63. The lowest BCUT2D eigenvalue weighted by atomic mass is 9.72. The number of benzene rings is 1. The van der Waals surface area contributed by atoms with E-state index in [0.717, 1.165) is 22.8 Å². The molecule has 1 aliphatic carbocycles. The Balaban J connectivity index is 1.40. The Bertz CT molecular complexity index is 467. The SMILES string of the molecule is CCCCC[Si]1CCC(C2CCC(c3ccc(Cl)cc3)CC2)CC1. The van der Waals surface area contributed by atoms with Crippen molar-refractivity contribution in [2.75, 3.05) is 0 Å². The van der Waals surface area contributed by atoms with E-state index < -0.39 is 0 Å². The summed E-state index contributed by atoms with van der Waals surface area (Å²) in [5.41, 5.74) is 1.52. The number of unbranched alkanes of at least 4 members (excludes halogenated alkanes) is 2. The lowest BCUT2D eigenvalue weighted by molar-refractivity contribution is 0.216. The third kappa shape index (κ3) is 5.11. The van der Waals surface area contributed by atoms with Crippen LogP contribution in [0.25, 0.3) is 0 Å². The third-order valence-electron chi connectivity index (χ3n) is 6.65. The van der Waals surface area contributed by atoms with Crippen LogP contribution in [0.4, 0.5) is 0 Å². The molecular weight excluding hydrogens is 328 g/mol. The van der Waals surface area contributed by atoms with Gasteiger partial charge in [0, 0.05) is 13.8 Å². The van der Waals surface area contributed by atoms with E-state index in [1.54, 1.807) is 31.0 Å². The summed E-state index contributed by atoms with van der Waals surface area (Å²) in [6.07, 6.45) is 13.2. The van der Waals surface area contributed by atoms with Gasteiger partial charge in [-0.2, -0.15) is 0 Å². The molecule has 1 saturated carbocycles. The molecule has 1 radical (unpaired) electrons. The van der Waals surface area contributed by atoms with Gasteiger partial charge in [-0.1, -0.05) is 80.9 Å². The van der Waals surface area contributed by atoms with E-state index in [2.05, 4.69) is 31.2 Å². The number of rotatable bonds is 6. The highest BCUT2D eigenvalue weighted by atomic mass is 35.5. The number of hydrogen-bond donors (Lipinski definition) is 0. The smallest absolute Gasteiger partial charge is 0.0479 e. The van der Waals surface area contributed by atoms with Crippen molar-refractivity contribution in [3.8, 4) is 0 Å². The molecule has 24 heavy (non-hydrogen) atoms. The summed E-state index contributed by atoms with van der Waals surface area (Å²) >= 11 is 6.03. The van der Waals surface area contributed by atoms with Crippen LogP contribution in [0.3, 0.4) is 0 Å². The Morgan fingerprint density at radius 2 is 1.50 bits per heavy atom. The van der Waals surface area contributed by atoms with Crippen LogP contribution in [0.15, 0.2) is 24.3 Å². The Kier molecular flexibility index (Phi) is 7.28. The van der Waals surface area contributed by atoms with Gasteiger partial charge in [-0.3, -0.25) is 0 Å². The molecule has 1 aromatic rings. The first-order valence-corrected chi connectivity index (χ1v) is 12.8. The van der Waals surface area contributed by atoms with E-state index in [-0.39, 0.29) is 8.80 Å². The normalized spacial score (nSPS) is 26.6. The predicted octanol–water partition coefficient (Wildman–Crippen LogP) is 7.71. The van der Waals surface area contributed by atoms with Gasteiger partial charge in [0.1, 0.15) is 0 Å². The number of hydrogen-bond acceptors (Lipinski definition) is 0. The van der Waals surface area contributed by atoms with Crippen molar-refractivity contribution in [3.05, 3.63) is 34.9 Å². The molecule has 1 heterocycles. The molecule has 3 rings (SSSR count). The summed E-state index contributed by atoms with van der Waals surface area (Å²) in [4.78, 5) is 0. The second-order valence-electron chi connectivity index (χ2n) is 8.21. The van der Waals surface area contributed by atoms with E-state index in [9.17, 15) is 0 Å². The topological polar surface area (TPSA) is 0 Å². The Hall–Kier alpha value is -0.273. The van der Waals surface area contributed by atoms with Gasteiger partial charge >= 0.3 is 0 Å². The van der Waals surface area contributed by atoms with Gasteiger partial charge in [0.2, 0.25) is 0 Å². The molecule has 0 unspecified atom stereocenters. The van der Waals surface area contributed by atoms with Gasteiger partial charge in [-0.15, -0.1) is 0 Å². The van der Waals surface area contributed by atoms with Gasteiger partial charge in [0.25, 0.3) is 0 Å². The quantitative estimate of drug-likeness (QED) is 0.359. The first-order valence-electron chi connectivity index (χ1n) is 10.3. The molecule has 2 heteroatoms. The molecular formula is C22H34ClSi. The molecule has 0 N–H and O–H groups in total. The van der Waals surface area contributed by atoms with Crippen molar-refractivity contribution in [1.29, 1.82) is 0 Å². The monoisotopic (exact) mass is 361 g/mol. The Labute approximate surface area is 156 Å². The lowest BCUT2D eigenvalue weighted by Gasteiger charge is -2.37. The second kappa shape index (κ2) is 9.43. The minimum Gasteiger partial charge on any atom is -0.0843 e. The molecule has 0 nitrogen and oxygen atoms in total. The summed E-state index contributed by atoms with van der Waals surface area (Å²) in [5, 5.41) is 0.867. The van der Waals surface area contributed by atoms with Crippen LogP contribution in [0.5, 0.6) is 0 Å². The third-order valence-corrected chi connectivity index (χ3v) is 9.96. The van der Waals surface area contributed by atoms with Gasteiger partial charge in [0.05, 0.1) is 0 Å². The van der Waals surface area contributed by atoms with Crippen LogP contribution in [0.1, 0.15) is 76.2 Å². The lowest BCUT2D eigenvalue weighted by Crippen LogP contribution is -2.28. The zero-order chi connectivity index (χ0) is 16.8. The average molecular weight is 362 g/mol. The van der Waals surface area contributed by atoms with Crippen molar-refractivity contribution in [1.82, 2.24) is 0 Å². The first kappa shape index (κ1) is 18.5. The van der Waals surface area contributed by atoms with Crippen LogP contribution in [-0.2, 0) is 0 Å². The van der Waals surface area contributed by atoms with Crippen molar-refractivity contribution in [2.45, 2.75) is 88.8 Å². The molecule has 0 bridgehead atoms. The van der Waals surface area contributed by atoms with E-state index >= 15 is 0 Å². The van der Waals surface area contributed by atoms with Gasteiger partial charge in [0.15, 0.2) is 0 Å². The molecule has 1 aliphatic heterocycles. The maximum absolute atomic E-state index is 6.03. The molecule has 0 spiro atoms. The van der Waals surface area contributed by atoms with Crippen molar-refractivity contribution < 1.29 is 0 Å². The highest BCUT2D eigenvalue weighted by Gasteiger charge is 2.31. The maximum atomic E-state index is 6.03. The van der Waals surface area contributed by atoms with Crippen LogP contribution < -0.4 is 0 Å². The zero-order valence-electron chi connectivity index (χ0n) is 15.4. The molecule has 0 aromatic heterocycles. The molecule has 2 aliphatic rings. The standard InChI is InChI=1S/C22H34ClSi/c1-2-3-4-15-24-16-13-21(14-17-24)19-7-5-18(6-8-19)20-9-11-22(23)12-10-20/h9-12,18-19,21H,2-8,13-17H2,1H3. The van der Waals surface area contributed by atoms with Crippen LogP contribution in [-0.4, -0.2) is 8.80 Å². The van der Waals surface area contributed by atoms with Crippen molar-refractivity contribution in [3.63, 3.8) is 0 Å². The summed E-state index contributed by atoms with van der Waals surface area (Å²) in [7, 11) is 0.0395. The van der Waals surface area contributed by atoms with E-state index in [0.29, 0.717) is 0 Å². The minimum atomic E-state index is 0.0395. The molecule has 133 valence electrons. The summed E-state index contributed by atoms with van der Waals surface area (Å²) in [6.45, 7) is 2.33. The van der Waals surface area contributed by atoms with Crippen molar-refractivity contribution >= 4 is 20.4 Å². The highest BCUT2D eigenvalue weighted by molar-refractivity contribution is 6.58. The minimum absolute atomic E-state index is 0.0395. The predicted molar refractivity (Wildman–Crippen MR) is 109 cm³/mol. The second-order valence-corrected chi connectivity index (χ2v) is 11.6. The van der Waals surface area contributed by atoms with Crippen LogP contribution in [0, 0.1) is 11.8 Å². The summed E-state index contributed by atoms with van der Waals surface area (Å²) in [6, 6.07) is 13.5. The van der Waals surface area contributed by atoms with Crippen LogP contribution in [0.2, 0.25) is 23.2 Å². The largest absolute Gasteiger partial charge is 0.0843 e. The Morgan fingerprint density at radius 1 is 0.875 bits per heavy atom. The first-order chi connectivity index (χ1) is 11.8. The van der Waals surface area contributed by atoms with Crippen LogP contribution >= 0.6 is 11.6 Å². The molecule has 1 saturated heterocycles. The van der Waals surface area contributed by atoms with Gasteiger partial charge in [-0.25, -0.2) is 0 Å². The highest BCUT2D eigenvalue weighted by Crippen LogP contribution is 2.43. The molecule has 2 fully saturated rings. The molecule has 0 atom stereocenters. The Morgan fingerprint density at radius 3 is 2.12 bits per heavy atom. The van der Waals surface area contributed by atoms with Gasteiger partial charge in [-0.05, 0) is 61.1 Å². The van der Waals surface area contributed by atoms with E-state index in [4.69, 9.17) is 11.6 Å². The van der Waals surface area contributed by atoms with Crippen molar-refractivity contribution in [2.24, 2.45) is 11.8 Å². The fourth-order valence-corrected chi connectivity index (χ4v) is 8.24. The fraction of sp³-hybridized carbons (Fsp3) is 0.727.